The van der Waals surface area contributed by atoms with Crippen molar-refractivity contribution in [2.45, 2.75) is 13.8 Å². The topological polar surface area (TPSA) is 54.6 Å². The van der Waals surface area contributed by atoms with Gasteiger partial charge < -0.3 is 9.73 Å². The van der Waals surface area contributed by atoms with E-state index in [9.17, 15) is 4.79 Å². The summed E-state index contributed by atoms with van der Waals surface area (Å²) in [4.78, 5) is 17.4. The van der Waals surface area contributed by atoms with Crippen molar-refractivity contribution in [3.63, 3.8) is 0 Å². The third kappa shape index (κ3) is 3.91. The van der Waals surface area contributed by atoms with Crippen molar-refractivity contribution in [1.29, 1.82) is 0 Å². The SMILES string of the molecule is Cc1cccc(N=C2NC(=O)/C(=C\c3ccc(-c4cccc(Cl)c4)o3)S2)c1C. The van der Waals surface area contributed by atoms with E-state index >= 15 is 0 Å². The molecule has 0 saturated carbocycles. The van der Waals surface area contributed by atoms with Crippen molar-refractivity contribution >= 4 is 46.2 Å². The van der Waals surface area contributed by atoms with Crippen LogP contribution in [0.4, 0.5) is 5.69 Å². The van der Waals surface area contributed by atoms with Crippen LogP contribution in [0.15, 0.2) is 68.9 Å². The lowest BCUT2D eigenvalue weighted by Crippen LogP contribution is -2.19. The Labute approximate surface area is 172 Å². The number of nitrogens with zero attached hydrogens (tertiary/aromatic N) is 1. The fraction of sp³-hybridized carbons (Fsp3) is 0.0909. The maximum Gasteiger partial charge on any atom is 0.264 e. The predicted octanol–water partition coefficient (Wildman–Crippen LogP) is 6.11. The fourth-order valence-corrected chi connectivity index (χ4v) is 3.81. The Kier molecular flexibility index (Phi) is 5.11. The van der Waals surface area contributed by atoms with Gasteiger partial charge in [0.15, 0.2) is 5.17 Å². The summed E-state index contributed by atoms with van der Waals surface area (Å²) in [5.41, 5.74) is 4.00. The molecule has 6 heteroatoms. The highest BCUT2D eigenvalue weighted by Gasteiger charge is 2.24. The van der Waals surface area contributed by atoms with Crippen molar-refractivity contribution in [2.75, 3.05) is 0 Å². The number of amides is 1. The molecule has 0 spiro atoms. The van der Waals surface area contributed by atoms with Gasteiger partial charge in [-0.2, -0.15) is 0 Å². The molecular formula is C22H17ClN2O2S. The molecule has 2 aromatic carbocycles. The lowest BCUT2D eigenvalue weighted by molar-refractivity contribution is -0.115. The quantitative estimate of drug-likeness (QED) is 0.532. The molecule has 2 heterocycles. The summed E-state index contributed by atoms with van der Waals surface area (Å²) in [6.45, 7) is 4.06. The molecule has 4 nitrogen and oxygen atoms in total. The number of benzene rings is 2. The largest absolute Gasteiger partial charge is 0.457 e. The summed E-state index contributed by atoms with van der Waals surface area (Å²) >= 11 is 7.34. The van der Waals surface area contributed by atoms with Crippen LogP contribution < -0.4 is 5.32 Å². The number of hydrogen-bond acceptors (Lipinski definition) is 4. The van der Waals surface area contributed by atoms with Crippen molar-refractivity contribution in [1.82, 2.24) is 5.32 Å². The van der Waals surface area contributed by atoms with Gasteiger partial charge in [0, 0.05) is 16.7 Å². The summed E-state index contributed by atoms with van der Waals surface area (Å²) in [5.74, 6) is 1.11. The monoisotopic (exact) mass is 408 g/mol. The first kappa shape index (κ1) is 18.6. The smallest absolute Gasteiger partial charge is 0.264 e. The lowest BCUT2D eigenvalue weighted by atomic mass is 10.1. The van der Waals surface area contributed by atoms with Crippen LogP contribution in [0.3, 0.4) is 0 Å². The van der Waals surface area contributed by atoms with Crippen molar-refractivity contribution in [3.8, 4) is 11.3 Å². The number of aliphatic imine (C=N–C) groups is 1. The number of rotatable bonds is 3. The van der Waals surface area contributed by atoms with Crippen LogP contribution in [-0.4, -0.2) is 11.1 Å². The second kappa shape index (κ2) is 7.70. The first-order chi connectivity index (χ1) is 13.5. The average molecular weight is 409 g/mol. The third-order valence-electron chi connectivity index (χ3n) is 4.46. The minimum absolute atomic E-state index is 0.185. The zero-order valence-corrected chi connectivity index (χ0v) is 16.9. The minimum atomic E-state index is -0.185. The molecule has 1 N–H and O–H groups in total. The van der Waals surface area contributed by atoms with E-state index in [1.165, 1.54) is 11.8 Å². The van der Waals surface area contributed by atoms with Crippen molar-refractivity contribution < 1.29 is 9.21 Å². The molecule has 0 atom stereocenters. The Morgan fingerprint density at radius 1 is 1.11 bits per heavy atom. The molecule has 3 aromatic rings. The molecule has 1 aliphatic heterocycles. The summed E-state index contributed by atoms with van der Waals surface area (Å²) in [5, 5.41) is 4.02. The van der Waals surface area contributed by atoms with Gasteiger partial charge in [-0.05, 0) is 67.1 Å². The highest BCUT2D eigenvalue weighted by atomic mass is 35.5. The van der Waals surface area contributed by atoms with Gasteiger partial charge in [-0.15, -0.1) is 0 Å². The maximum absolute atomic E-state index is 12.3. The third-order valence-corrected chi connectivity index (χ3v) is 5.60. The number of nitrogens with one attached hydrogen (secondary N) is 1. The van der Waals surface area contributed by atoms with Gasteiger partial charge in [0.25, 0.3) is 5.91 Å². The van der Waals surface area contributed by atoms with Gasteiger partial charge >= 0.3 is 0 Å². The number of furan rings is 1. The number of thioether (sulfide) groups is 1. The molecule has 0 bridgehead atoms. The van der Waals surface area contributed by atoms with Crippen LogP contribution in [0.5, 0.6) is 0 Å². The van der Waals surface area contributed by atoms with E-state index in [1.807, 2.05) is 68.4 Å². The zero-order valence-electron chi connectivity index (χ0n) is 15.3. The zero-order chi connectivity index (χ0) is 19.7. The molecule has 28 heavy (non-hydrogen) atoms. The second-order valence-corrected chi connectivity index (χ2v) is 7.88. The van der Waals surface area contributed by atoms with Gasteiger partial charge in [-0.25, -0.2) is 4.99 Å². The fourth-order valence-electron chi connectivity index (χ4n) is 2.80. The molecule has 0 unspecified atom stereocenters. The number of halogens is 1. The van der Waals surface area contributed by atoms with Crippen LogP contribution >= 0.6 is 23.4 Å². The van der Waals surface area contributed by atoms with E-state index < -0.39 is 0 Å². The first-order valence-electron chi connectivity index (χ1n) is 8.71. The molecule has 1 aromatic heterocycles. The van der Waals surface area contributed by atoms with Gasteiger partial charge in [-0.3, -0.25) is 4.79 Å². The van der Waals surface area contributed by atoms with E-state index in [4.69, 9.17) is 16.0 Å². The second-order valence-electron chi connectivity index (χ2n) is 6.41. The van der Waals surface area contributed by atoms with Crippen LogP contribution in [-0.2, 0) is 4.79 Å². The van der Waals surface area contributed by atoms with Gasteiger partial charge in [0.2, 0.25) is 0 Å². The number of hydrogen-bond donors (Lipinski definition) is 1. The van der Waals surface area contributed by atoms with Gasteiger partial charge in [0.1, 0.15) is 11.5 Å². The minimum Gasteiger partial charge on any atom is -0.457 e. The van der Waals surface area contributed by atoms with Gasteiger partial charge in [-0.1, -0.05) is 35.9 Å². The summed E-state index contributed by atoms with van der Waals surface area (Å²) in [7, 11) is 0. The molecule has 4 rings (SSSR count). The van der Waals surface area contributed by atoms with E-state index in [1.54, 1.807) is 6.08 Å². The number of carbonyl (C=O) groups excluding carboxylic acids is 1. The van der Waals surface area contributed by atoms with Gasteiger partial charge in [0.05, 0.1) is 10.6 Å². The highest BCUT2D eigenvalue weighted by Crippen LogP contribution is 2.31. The standard InChI is InChI=1S/C22H17ClN2O2S/c1-13-5-3-8-18(14(13)2)24-22-25-21(26)20(28-22)12-17-9-10-19(27-17)15-6-4-7-16(23)11-15/h3-12H,1-2H3,(H,24,25,26)/b20-12+. The Hall–Kier alpha value is -2.76. The highest BCUT2D eigenvalue weighted by molar-refractivity contribution is 8.18. The number of carbonyl (C=O) groups is 1. The molecule has 0 radical (unpaired) electrons. The molecule has 1 saturated heterocycles. The Morgan fingerprint density at radius 3 is 2.75 bits per heavy atom. The van der Waals surface area contributed by atoms with Crippen molar-refractivity contribution in [3.05, 3.63) is 81.4 Å². The molecule has 1 fully saturated rings. The van der Waals surface area contributed by atoms with Crippen molar-refractivity contribution in [2.24, 2.45) is 4.99 Å². The summed E-state index contributed by atoms with van der Waals surface area (Å²) in [6, 6.07) is 17.1. The molecule has 1 aliphatic rings. The summed E-state index contributed by atoms with van der Waals surface area (Å²) < 4.78 is 5.86. The Balaban J connectivity index is 1.57. The maximum atomic E-state index is 12.3. The normalized spacial score (nSPS) is 16.8. The van der Waals surface area contributed by atoms with Crippen LogP contribution in [0.25, 0.3) is 17.4 Å². The molecule has 1 amide bonds. The Morgan fingerprint density at radius 2 is 1.93 bits per heavy atom. The van der Waals surface area contributed by atoms with Crippen LogP contribution in [0.1, 0.15) is 16.9 Å². The molecular weight excluding hydrogens is 392 g/mol. The van der Waals surface area contributed by atoms with E-state index in [-0.39, 0.29) is 5.91 Å². The van der Waals surface area contributed by atoms with E-state index in [2.05, 4.69) is 10.3 Å². The summed E-state index contributed by atoms with van der Waals surface area (Å²) in [6.07, 6.45) is 1.72. The predicted molar refractivity (Wildman–Crippen MR) is 116 cm³/mol. The molecule has 0 aliphatic carbocycles. The number of aryl methyl sites for hydroxylation is 1. The average Bonchev–Trinajstić information content (AvgIpc) is 3.26. The van der Waals surface area contributed by atoms with Crippen LogP contribution in [0, 0.1) is 13.8 Å². The van der Waals surface area contributed by atoms with Crippen LogP contribution in [0.2, 0.25) is 5.02 Å². The number of amidine groups is 1. The molecule has 140 valence electrons. The van der Waals surface area contributed by atoms with E-state index in [0.29, 0.717) is 26.6 Å². The first-order valence-corrected chi connectivity index (χ1v) is 9.90. The lowest BCUT2D eigenvalue weighted by Gasteiger charge is -2.04. The van der Waals surface area contributed by atoms with E-state index in [0.717, 1.165) is 22.4 Å². The Bertz CT molecular complexity index is 1130.